The standard InChI is InChI=1S/C26H25N2O5PS2/c1-13-10-17(11-14(2)22(13)33-34)25-27-19(15(3)32-25)6-8-31-20-5-4-16(23-18(20)7-9-35-23)12-21-24(29)28-26(30)36-21/h4-5,7,9-11,29H,6,8,12,34H2,1-3H3,(H,28,30). The summed E-state index contributed by atoms with van der Waals surface area (Å²) in [6, 6.07) is 9.99. The van der Waals surface area contributed by atoms with Gasteiger partial charge in [-0.1, -0.05) is 17.4 Å². The van der Waals surface area contributed by atoms with Crippen molar-refractivity contribution in [3.8, 4) is 28.8 Å². The fourth-order valence-corrected chi connectivity index (χ4v) is 6.35. The summed E-state index contributed by atoms with van der Waals surface area (Å²) in [7, 11) is 2.29. The highest BCUT2D eigenvalue weighted by atomic mass is 32.1. The maximum absolute atomic E-state index is 11.5. The van der Waals surface area contributed by atoms with Crippen LogP contribution in [-0.4, -0.2) is 21.7 Å². The Morgan fingerprint density at radius 3 is 2.64 bits per heavy atom. The Morgan fingerprint density at radius 2 is 1.94 bits per heavy atom. The maximum Gasteiger partial charge on any atom is 0.307 e. The number of thiazole rings is 1. The number of aromatic hydroxyl groups is 1. The van der Waals surface area contributed by atoms with E-state index in [1.54, 1.807) is 11.3 Å². The van der Waals surface area contributed by atoms with Crippen molar-refractivity contribution in [2.75, 3.05) is 6.61 Å². The number of hydrogen-bond acceptors (Lipinski definition) is 8. The topological polar surface area (TPSA) is 97.6 Å². The summed E-state index contributed by atoms with van der Waals surface area (Å²) in [5.41, 5.74) is 4.86. The highest BCUT2D eigenvalue weighted by Gasteiger charge is 2.16. The van der Waals surface area contributed by atoms with E-state index in [1.807, 2.05) is 56.5 Å². The van der Waals surface area contributed by atoms with Crippen molar-refractivity contribution in [2.45, 2.75) is 33.6 Å². The molecular formula is C26H25N2O5PS2. The molecule has 0 radical (unpaired) electrons. The first-order valence-corrected chi connectivity index (χ1v) is 13.5. The molecule has 1 unspecified atom stereocenters. The van der Waals surface area contributed by atoms with Gasteiger partial charge in [0.15, 0.2) is 0 Å². The fraction of sp³-hybridized carbons (Fsp3) is 0.231. The molecule has 10 heteroatoms. The minimum Gasteiger partial charge on any atom is -0.494 e. The Labute approximate surface area is 218 Å². The number of rotatable bonds is 8. The van der Waals surface area contributed by atoms with Gasteiger partial charge in [-0.2, -0.15) is 0 Å². The van der Waals surface area contributed by atoms with Crippen LogP contribution >= 0.6 is 32.1 Å². The molecule has 5 rings (SSSR count). The number of aromatic nitrogens is 2. The number of aromatic amines is 1. The third-order valence-electron chi connectivity index (χ3n) is 6.02. The van der Waals surface area contributed by atoms with Crippen molar-refractivity contribution in [3.05, 3.63) is 78.4 Å². The van der Waals surface area contributed by atoms with Crippen LogP contribution < -0.4 is 14.1 Å². The van der Waals surface area contributed by atoms with Gasteiger partial charge in [-0.15, -0.1) is 11.3 Å². The Balaban J connectivity index is 1.30. The van der Waals surface area contributed by atoms with Crippen LogP contribution in [0.15, 0.2) is 44.9 Å². The summed E-state index contributed by atoms with van der Waals surface area (Å²) in [6.07, 6.45) is 1.09. The van der Waals surface area contributed by atoms with E-state index in [-0.39, 0.29) is 10.8 Å². The van der Waals surface area contributed by atoms with E-state index >= 15 is 0 Å². The molecule has 0 fully saturated rings. The van der Waals surface area contributed by atoms with Crippen LogP contribution in [0.2, 0.25) is 0 Å². The number of nitrogens with one attached hydrogen (secondary N) is 1. The predicted molar refractivity (Wildman–Crippen MR) is 147 cm³/mol. The van der Waals surface area contributed by atoms with Crippen LogP contribution in [0, 0.1) is 20.8 Å². The highest BCUT2D eigenvalue weighted by Crippen LogP contribution is 2.36. The molecule has 0 aliphatic rings. The average molecular weight is 541 g/mol. The molecule has 2 aromatic carbocycles. The second-order valence-corrected chi connectivity index (χ2v) is 10.7. The zero-order valence-electron chi connectivity index (χ0n) is 20.0. The van der Waals surface area contributed by atoms with Crippen molar-refractivity contribution < 1.29 is 18.8 Å². The summed E-state index contributed by atoms with van der Waals surface area (Å²) >= 11 is 2.65. The van der Waals surface area contributed by atoms with Gasteiger partial charge in [0.1, 0.15) is 17.3 Å². The average Bonchev–Trinajstić information content (AvgIpc) is 3.54. The molecule has 0 amide bonds. The van der Waals surface area contributed by atoms with E-state index in [0.29, 0.717) is 30.2 Å². The van der Waals surface area contributed by atoms with E-state index < -0.39 is 0 Å². The van der Waals surface area contributed by atoms with Gasteiger partial charge in [-0.3, -0.25) is 9.78 Å². The van der Waals surface area contributed by atoms with Gasteiger partial charge in [0, 0.05) is 28.5 Å². The largest absolute Gasteiger partial charge is 0.494 e. The van der Waals surface area contributed by atoms with Gasteiger partial charge in [-0.05, 0) is 67.1 Å². The molecule has 5 aromatic rings. The third-order valence-corrected chi connectivity index (χ3v) is 8.12. The monoisotopic (exact) mass is 540 g/mol. The zero-order valence-corrected chi connectivity index (χ0v) is 22.8. The number of ether oxygens (including phenoxy) is 1. The third kappa shape index (κ3) is 4.78. The van der Waals surface area contributed by atoms with E-state index in [0.717, 1.165) is 66.6 Å². The normalized spacial score (nSPS) is 11.3. The molecule has 0 spiro atoms. The Kier molecular flexibility index (Phi) is 6.88. The molecule has 186 valence electrons. The van der Waals surface area contributed by atoms with Crippen molar-refractivity contribution in [2.24, 2.45) is 0 Å². The predicted octanol–water partition coefficient (Wildman–Crippen LogP) is 6.32. The maximum atomic E-state index is 11.5. The first-order chi connectivity index (χ1) is 17.3. The lowest BCUT2D eigenvalue weighted by Crippen LogP contribution is -2.03. The molecule has 7 nitrogen and oxygen atoms in total. The molecule has 3 heterocycles. The number of nitrogens with zero attached hydrogens (tertiary/aromatic N) is 1. The van der Waals surface area contributed by atoms with E-state index in [4.69, 9.17) is 18.7 Å². The number of H-pyrrole nitrogens is 1. The van der Waals surface area contributed by atoms with Crippen LogP contribution in [0.3, 0.4) is 0 Å². The van der Waals surface area contributed by atoms with Gasteiger partial charge >= 0.3 is 4.87 Å². The molecule has 1 atom stereocenters. The summed E-state index contributed by atoms with van der Waals surface area (Å²) in [5.74, 6) is 2.94. The molecule has 0 saturated heterocycles. The molecular weight excluding hydrogens is 515 g/mol. The van der Waals surface area contributed by atoms with E-state index in [1.165, 1.54) is 0 Å². The van der Waals surface area contributed by atoms with Gasteiger partial charge < -0.3 is 18.8 Å². The van der Waals surface area contributed by atoms with Crippen LogP contribution in [0.5, 0.6) is 17.4 Å². The van der Waals surface area contributed by atoms with Gasteiger partial charge in [0.05, 0.1) is 26.6 Å². The number of aryl methyl sites for hydroxylation is 3. The number of fused-ring (bicyclic) bond motifs is 1. The second kappa shape index (κ2) is 10.1. The number of thiophene rings is 1. The van der Waals surface area contributed by atoms with Crippen molar-refractivity contribution in [1.29, 1.82) is 0 Å². The van der Waals surface area contributed by atoms with E-state index in [2.05, 4.69) is 14.5 Å². The molecule has 0 bridgehead atoms. The first kappa shape index (κ1) is 24.6. The lowest BCUT2D eigenvalue weighted by atomic mass is 10.1. The van der Waals surface area contributed by atoms with Gasteiger partial charge in [0.25, 0.3) is 0 Å². The summed E-state index contributed by atoms with van der Waals surface area (Å²) in [6.45, 7) is 6.37. The lowest BCUT2D eigenvalue weighted by Gasteiger charge is -2.09. The number of hydrogen-bond donors (Lipinski definition) is 2. The van der Waals surface area contributed by atoms with Gasteiger partial charge in [0.2, 0.25) is 11.8 Å². The van der Waals surface area contributed by atoms with Crippen LogP contribution in [-0.2, 0) is 12.8 Å². The number of oxazole rings is 1. The van der Waals surface area contributed by atoms with Crippen LogP contribution in [0.1, 0.15) is 33.0 Å². The Morgan fingerprint density at radius 1 is 1.17 bits per heavy atom. The number of benzene rings is 2. The molecule has 0 aliphatic heterocycles. The van der Waals surface area contributed by atoms with E-state index in [9.17, 15) is 9.90 Å². The highest BCUT2D eigenvalue weighted by molar-refractivity contribution is 7.17. The zero-order chi connectivity index (χ0) is 25.4. The first-order valence-electron chi connectivity index (χ1n) is 11.3. The van der Waals surface area contributed by atoms with Crippen molar-refractivity contribution in [1.82, 2.24) is 9.97 Å². The molecule has 0 saturated carbocycles. The van der Waals surface area contributed by atoms with Crippen LogP contribution in [0.4, 0.5) is 0 Å². The molecule has 36 heavy (non-hydrogen) atoms. The summed E-state index contributed by atoms with van der Waals surface area (Å²) in [5, 5.41) is 13.0. The lowest BCUT2D eigenvalue weighted by molar-refractivity contribution is 0.323. The SMILES string of the molecule is Cc1cc(-c2nc(CCOc3ccc(Cc4sc(=O)[nH]c4O)c4sccc34)c(C)o2)cc(C)c1OP. The minimum atomic E-state index is -0.257. The van der Waals surface area contributed by atoms with Crippen molar-refractivity contribution in [3.63, 3.8) is 0 Å². The molecule has 2 N–H and O–H groups in total. The Hall–Kier alpha value is -3.13. The van der Waals surface area contributed by atoms with Crippen molar-refractivity contribution >= 4 is 42.2 Å². The Bertz CT molecular complexity index is 1590. The second-order valence-electron chi connectivity index (χ2n) is 8.53. The molecule has 0 aliphatic carbocycles. The molecule has 3 aromatic heterocycles. The fourth-order valence-electron chi connectivity index (χ4n) is 4.30. The van der Waals surface area contributed by atoms with Crippen LogP contribution in [0.25, 0.3) is 21.5 Å². The minimum absolute atomic E-state index is 0.0589. The smallest absolute Gasteiger partial charge is 0.307 e. The summed E-state index contributed by atoms with van der Waals surface area (Å²) < 4.78 is 18.6. The van der Waals surface area contributed by atoms with Gasteiger partial charge in [-0.25, -0.2) is 4.98 Å². The quantitative estimate of drug-likeness (QED) is 0.224. The summed E-state index contributed by atoms with van der Waals surface area (Å²) in [4.78, 5) is 19.1.